The molecule has 4 nitrogen and oxygen atoms in total. The molecule has 1 aliphatic carbocycles. The maximum atomic E-state index is 4.29. The maximum absolute atomic E-state index is 4.29. The minimum Gasteiger partial charge on any atom is -0.315 e. The fourth-order valence-corrected chi connectivity index (χ4v) is 2.66. The molecule has 0 spiro atoms. The van der Waals surface area contributed by atoms with Gasteiger partial charge in [0.05, 0.1) is 0 Å². The molecular weight excluding hydrogens is 188 g/mol. The van der Waals surface area contributed by atoms with Crippen molar-refractivity contribution in [3.8, 4) is 0 Å². The molecule has 15 heavy (non-hydrogen) atoms. The second-order valence-corrected chi connectivity index (χ2v) is 4.74. The standard InChI is InChI=1S/C11H18N4/c1-2-4-10(5-3-1)15-8-13-14-11(15)9-6-12-7-9/h8-10,12H,1-7H2. The molecule has 2 aliphatic rings. The van der Waals surface area contributed by atoms with Crippen molar-refractivity contribution in [1.29, 1.82) is 0 Å². The van der Waals surface area contributed by atoms with Crippen LogP contribution in [0.25, 0.3) is 0 Å². The predicted octanol–water partition coefficient (Wildman–Crippen LogP) is 1.47. The lowest BCUT2D eigenvalue weighted by molar-refractivity contribution is 0.325. The predicted molar refractivity (Wildman–Crippen MR) is 57.8 cm³/mol. The molecule has 0 aromatic carbocycles. The summed E-state index contributed by atoms with van der Waals surface area (Å²) >= 11 is 0. The summed E-state index contributed by atoms with van der Waals surface area (Å²) in [4.78, 5) is 0. The van der Waals surface area contributed by atoms with Crippen molar-refractivity contribution in [3.05, 3.63) is 12.2 Å². The third-order valence-corrected chi connectivity index (χ3v) is 3.72. The van der Waals surface area contributed by atoms with Gasteiger partial charge in [-0.1, -0.05) is 19.3 Å². The van der Waals surface area contributed by atoms with Crippen LogP contribution in [0, 0.1) is 0 Å². The van der Waals surface area contributed by atoms with Crippen LogP contribution >= 0.6 is 0 Å². The molecule has 2 fully saturated rings. The highest BCUT2D eigenvalue weighted by Crippen LogP contribution is 2.30. The zero-order valence-electron chi connectivity index (χ0n) is 9.02. The number of nitrogens with one attached hydrogen (secondary N) is 1. The summed E-state index contributed by atoms with van der Waals surface area (Å²) < 4.78 is 2.34. The Kier molecular flexibility index (Phi) is 2.44. The van der Waals surface area contributed by atoms with Crippen LogP contribution in [-0.2, 0) is 0 Å². The zero-order chi connectivity index (χ0) is 10.1. The van der Waals surface area contributed by atoms with Gasteiger partial charge in [0.25, 0.3) is 0 Å². The minimum absolute atomic E-state index is 0.606. The number of hydrogen-bond acceptors (Lipinski definition) is 3. The van der Waals surface area contributed by atoms with E-state index < -0.39 is 0 Å². The van der Waals surface area contributed by atoms with Gasteiger partial charge in [0.1, 0.15) is 12.2 Å². The highest BCUT2D eigenvalue weighted by Gasteiger charge is 2.27. The summed E-state index contributed by atoms with van der Waals surface area (Å²) in [5.74, 6) is 1.81. The van der Waals surface area contributed by atoms with Crippen LogP contribution in [0.4, 0.5) is 0 Å². The second-order valence-electron chi connectivity index (χ2n) is 4.74. The number of rotatable bonds is 2. The molecule has 4 heteroatoms. The van der Waals surface area contributed by atoms with E-state index in [1.54, 1.807) is 0 Å². The van der Waals surface area contributed by atoms with E-state index in [1.807, 2.05) is 6.33 Å². The molecule has 1 N–H and O–H groups in total. The van der Waals surface area contributed by atoms with E-state index in [2.05, 4.69) is 20.1 Å². The van der Waals surface area contributed by atoms with Gasteiger partial charge in [0.2, 0.25) is 0 Å². The lowest BCUT2D eigenvalue weighted by Crippen LogP contribution is -2.41. The molecule has 0 atom stereocenters. The van der Waals surface area contributed by atoms with E-state index >= 15 is 0 Å². The van der Waals surface area contributed by atoms with Crippen LogP contribution in [0.3, 0.4) is 0 Å². The van der Waals surface area contributed by atoms with E-state index in [-0.39, 0.29) is 0 Å². The summed E-state index contributed by atoms with van der Waals surface area (Å²) in [7, 11) is 0. The molecule has 0 bridgehead atoms. The smallest absolute Gasteiger partial charge is 0.138 e. The lowest BCUT2D eigenvalue weighted by atomic mass is 9.94. The van der Waals surface area contributed by atoms with E-state index in [0.29, 0.717) is 12.0 Å². The maximum Gasteiger partial charge on any atom is 0.138 e. The zero-order valence-corrected chi connectivity index (χ0v) is 9.02. The number of hydrogen-bond donors (Lipinski definition) is 1. The second kappa shape index (κ2) is 3.93. The van der Waals surface area contributed by atoms with Gasteiger partial charge in [-0.3, -0.25) is 0 Å². The van der Waals surface area contributed by atoms with E-state index in [9.17, 15) is 0 Å². The summed E-state index contributed by atoms with van der Waals surface area (Å²) in [5.41, 5.74) is 0. The normalized spacial score (nSPS) is 24.0. The Balaban J connectivity index is 1.80. The van der Waals surface area contributed by atoms with Crippen LogP contribution in [0.15, 0.2) is 6.33 Å². The Labute approximate surface area is 90.1 Å². The van der Waals surface area contributed by atoms with Gasteiger partial charge in [0, 0.05) is 25.0 Å². The van der Waals surface area contributed by atoms with Crippen LogP contribution < -0.4 is 5.32 Å². The Bertz CT molecular complexity index is 323. The largest absolute Gasteiger partial charge is 0.315 e. The van der Waals surface area contributed by atoms with Gasteiger partial charge in [-0.05, 0) is 12.8 Å². The molecule has 0 unspecified atom stereocenters. The van der Waals surface area contributed by atoms with Gasteiger partial charge < -0.3 is 9.88 Å². The summed E-state index contributed by atoms with van der Waals surface area (Å²) in [5, 5.41) is 11.7. The number of nitrogens with zero attached hydrogens (tertiary/aromatic N) is 3. The van der Waals surface area contributed by atoms with Crippen molar-refractivity contribution in [2.24, 2.45) is 0 Å². The molecule has 3 rings (SSSR count). The van der Waals surface area contributed by atoms with Gasteiger partial charge in [-0.2, -0.15) is 0 Å². The van der Waals surface area contributed by atoms with Gasteiger partial charge in [0.15, 0.2) is 0 Å². The molecule has 0 amide bonds. The Hall–Kier alpha value is -0.900. The molecule has 1 saturated heterocycles. The fraction of sp³-hybridized carbons (Fsp3) is 0.818. The van der Waals surface area contributed by atoms with Crippen molar-refractivity contribution in [2.45, 2.75) is 44.1 Å². The highest BCUT2D eigenvalue weighted by atomic mass is 15.3. The minimum atomic E-state index is 0.606. The van der Waals surface area contributed by atoms with E-state index in [4.69, 9.17) is 0 Å². The molecule has 1 aromatic heterocycles. The van der Waals surface area contributed by atoms with Gasteiger partial charge >= 0.3 is 0 Å². The number of aromatic nitrogens is 3. The first kappa shape index (κ1) is 9.33. The van der Waals surface area contributed by atoms with Gasteiger partial charge in [-0.15, -0.1) is 10.2 Å². The van der Waals surface area contributed by atoms with E-state index in [0.717, 1.165) is 13.1 Å². The molecule has 0 radical (unpaired) electrons. The van der Waals surface area contributed by atoms with Crippen LogP contribution in [-0.4, -0.2) is 27.9 Å². The molecule has 1 saturated carbocycles. The lowest BCUT2D eigenvalue weighted by Gasteiger charge is -2.30. The Morgan fingerprint density at radius 2 is 2.00 bits per heavy atom. The topological polar surface area (TPSA) is 42.7 Å². The molecule has 1 aromatic rings. The SMILES string of the molecule is c1nnc(C2CNC2)n1C1CCCCC1. The van der Waals surface area contributed by atoms with Crippen molar-refractivity contribution in [2.75, 3.05) is 13.1 Å². The van der Waals surface area contributed by atoms with Gasteiger partial charge in [-0.25, -0.2) is 0 Å². The first-order valence-corrected chi connectivity index (χ1v) is 6.05. The summed E-state index contributed by atoms with van der Waals surface area (Å²) in [6.45, 7) is 2.15. The quantitative estimate of drug-likeness (QED) is 0.796. The van der Waals surface area contributed by atoms with Crippen LogP contribution in [0.5, 0.6) is 0 Å². The molecule has 2 heterocycles. The first-order chi connectivity index (χ1) is 7.45. The molecule has 1 aliphatic heterocycles. The van der Waals surface area contributed by atoms with E-state index in [1.165, 1.54) is 37.9 Å². The van der Waals surface area contributed by atoms with Crippen molar-refractivity contribution >= 4 is 0 Å². The average Bonchev–Trinajstić information content (AvgIpc) is 2.65. The Morgan fingerprint density at radius 3 is 2.67 bits per heavy atom. The molecule has 82 valence electrons. The van der Waals surface area contributed by atoms with Crippen LogP contribution in [0.1, 0.15) is 49.9 Å². The third-order valence-electron chi connectivity index (χ3n) is 3.72. The van der Waals surface area contributed by atoms with Crippen LogP contribution in [0.2, 0.25) is 0 Å². The van der Waals surface area contributed by atoms with Crippen molar-refractivity contribution < 1.29 is 0 Å². The monoisotopic (exact) mass is 206 g/mol. The highest BCUT2D eigenvalue weighted by molar-refractivity contribution is 5.05. The third kappa shape index (κ3) is 1.67. The van der Waals surface area contributed by atoms with Crippen molar-refractivity contribution in [1.82, 2.24) is 20.1 Å². The first-order valence-electron chi connectivity index (χ1n) is 6.05. The molecular formula is C11H18N4. The summed E-state index contributed by atoms with van der Waals surface area (Å²) in [6.07, 6.45) is 8.69. The van der Waals surface area contributed by atoms with Crippen molar-refractivity contribution in [3.63, 3.8) is 0 Å². The summed E-state index contributed by atoms with van der Waals surface area (Å²) in [6, 6.07) is 0.671. The average molecular weight is 206 g/mol. The Morgan fingerprint density at radius 1 is 1.20 bits per heavy atom. The fourth-order valence-electron chi connectivity index (χ4n) is 2.66.